The molecule has 2 rings (SSSR count). The van der Waals surface area contributed by atoms with E-state index in [-0.39, 0.29) is 13.2 Å². The second-order valence-electron chi connectivity index (χ2n) is 7.85. The molecule has 0 aliphatic heterocycles. The second-order valence-corrected chi connectivity index (χ2v) is 7.85. The maximum atomic E-state index is 9.38. The first-order chi connectivity index (χ1) is 14.2. The molecule has 0 radical (unpaired) electrons. The first-order valence-corrected chi connectivity index (χ1v) is 11.3. The van der Waals surface area contributed by atoms with Gasteiger partial charge in [-0.15, -0.1) is 0 Å². The van der Waals surface area contributed by atoms with Gasteiger partial charge in [0.05, 0.1) is 13.2 Å². The van der Waals surface area contributed by atoms with Crippen molar-refractivity contribution in [3.8, 4) is 11.5 Å². The molecule has 0 fully saturated rings. The van der Waals surface area contributed by atoms with Crippen molar-refractivity contribution < 1.29 is 19.7 Å². The summed E-state index contributed by atoms with van der Waals surface area (Å²) < 4.78 is 11.4. The Labute approximate surface area is 175 Å². The van der Waals surface area contributed by atoms with Gasteiger partial charge in [-0.2, -0.15) is 0 Å². The standard InChI is InChI=1S/C25H38O4/c1-2-3-4-5-6-7-8-9-10-11-16-28-24-14-12-22-18-25(15-13-21(22)17-24)29-20-23(27)19-26/h12-15,17-18,23,26-27H,2-11,16,19-20H2,1H3. The van der Waals surface area contributed by atoms with Crippen LogP contribution in [0.15, 0.2) is 36.4 Å². The van der Waals surface area contributed by atoms with Gasteiger partial charge in [-0.05, 0) is 41.5 Å². The first-order valence-electron chi connectivity index (χ1n) is 11.3. The average Bonchev–Trinajstić information content (AvgIpc) is 2.75. The third-order valence-corrected chi connectivity index (χ3v) is 5.20. The van der Waals surface area contributed by atoms with E-state index in [1.54, 1.807) is 0 Å². The first kappa shape index (κ1) is 23.5. The Morgan fingerprint density at radius 3 is 1.79 bits per heavy atom. The number of unbranched alkanes of at least 4 members (excludes halogenated alkanes) is 9. The van der Waals surface area contributed by atoms with E-state index in [1.165, 1.54) is 57.8 Å². The molecule has 2 N–H and O–H groups in total. The van der Waals surface area contributed by atoms with Gasteiger partial charge in [-0.1, -0.05) is 76.8 Å². The quantitative estimate of drug-likeness (QED) is 0.345. The molecule has 2 aromatic carbocycles. The molecule has 0 spiro atoms. The van der Waals surface area contributed by atoms with Crippen molar-refractivity contribution in [2.75, 3.05) is 19.8 Å². The molecule has 0 amide bonds. The lowest BCUT2D eigenvalue weighted by molar-refractivity contribution is 0.0536. The molecule has 4 nitrogen and oxygen atoms in total. The van der Waals surface area contributed by atoms with Crippen molar-refractivity contribution in [3.63, 3.8) is 0 Å². The summed E-state index contributed by atoms with van der Waals surface area (Å²) in [6, 6.07) is 11.9. The van der Waals surface area contributed by atoms with Crippen LogP contribution in [0.5, 0.6) is 11.5 Å². The lowest BCUT2D eigenvalue weighted by Gasteiger charge is -2.11. The number of aliphatic hydroxyl groups is 2. The summed E-state index contributed by atoms with van der Waals surface area (Å²) in [6.07, 6.45) is 12.4. The minimum atomic E-state index is -0.854. The smallest absolute Gasteiger partial charge is 0.120 e. The number of hydrogen-bond donors (Lipinski definition) is 2. The van der Waals surface area contributed by atoms with E-state index in [4.69, 9.17) is 14.6 Å². The van der Waals surface area contributed by atoms with Crippen molar-refractivity contribution >= 4 is 10.8 Å². The third kappa shape index (κ3) is 9.51. The number of ether oxygens (including phenoxy) is 2. The minimum Gasteiger partial charge on any atom is -0.494 e. The fraction of sp³-hybridized carbons (Fsp3) is 0.600. The van der Waals surface area contributed by atoms with Gasteiger partial charge < -0.3 is 19.7 Å². The predicted molar refractivity (Wildman–Crippen MR) is 120 cm³/mol. The zero-order chi connectivity index (χ0) is 20.7. The largest absolute Gasteiger partial charge is 0.494 e. The van der Waals surface area contributed by atoms with E-state index >= 15 is 0 Å². The summed E-state index contributed by atoms with van der Waals surface area (Å²) in [5, 5.41) is 20.4. The van der Waals surface area contributed by atoms with Gasteiger partial charge in [-0.25, -0.2) is 0 Å². The van der Waals surface area contributed by atoms with Crippen LogP contribution in [-0.4, -0.2) is 36.1 Å². The molecule has 1 atom stereocenters. The Morgan fingerprint density at radius 1 is 0.724 bits per heavy atom. The van der Waals surface area contributed by atoms with Crippen LogP contribution in [0.2, 0.25) is 0 Å². The molecule has 2 aromatic rings. The van der Waals surface area contributed by atoms with Crippen molar-refractivity contribution in [1.29, 1.82) is 0 Å². The highest BCUT2D eigenvalue weighted by molar-refractivity contribution is 5.85. The third-order valence-electron chi connectivity index (χ3n) is 5.20. The zero-order valence-corrected chi connectivity index (χ0v) is 17.9. The number of rotatable bonds is 16. The summed E-state index contributed by atoms with van der Waals surface area (Å²) in [4.78, 5) is 0. The summed E-state index contributed by atoms with van der Waals surface area (Å²) in [7, 11) is 0. The molecule has 0 saturated heterocycles. The molecule has 1 unspecified atom stereocenters. The van der Waals surface area contributed by atoms with Gasteiger partial charge in [-0.3, -0.25) is 0 Å². The maximum absolute atomic E-state index is 9.38. The average molecular weight is 403 g/mol. The number of aliphatic hydroxyl groups excluding tert-OH is 2. The van der Waals surface area contributed by atoms with E-state index in [0.717, 1.165) is 29.5 Å². The van der Waals surface area contributed by atoms with Gasteiger partial charge in [0.15, 0.2) is 0 Å². The van der Waals surface area contributed by atoms with E-state index in [2.05, 4.69) is 13.0 Å². The summed E-state index contributed by atoms with van der Waals surface area (Å²) in [5.41, 5.74) is 0. The van der Waals surface area contributed by atoms with Crippen molar-refractivity contribution in [2.24, 2.45) is 0 Å². The second kappa shape index (κ2) is 14.2. The fourth-order valence-corrected chi connectivity index (χ4v) is 3.41. The molecule has 0 aliphatic rings. The number of hydrogen-bond acceptors (Lipinski definition) is 4. The Kier molecular flexibility index (Phi) is 11.5. The van der Waals surface area contributed by atoms with Crippen LogP contribution in [-0.2, 0) is 0 Å². The van der Waals surface area contributed by atoms with Crippen molar-refractivity contribution in [2.45, 2.75) is 77.2 Å². The van der Waals surface area contributed by atoms with Gasteiger partial charge in [0, 0.05) is 0 Å². The fourth-order valence-electron chi connectivity index (χ4n) is 3.41. The normalized spacial score (nSPS) is 12.2. The van der Waals surface area contributed by atoms with Crippen LogP contribution in [0.1, 0.15) is 71.1 Å². The van der Waals surface area contributed by atoms with Crippen LogP contribution in [0, 0.1) is 0 Å². The van der Waals surface area contributed by atoms with Crippen molar-refractivity contribution in [1.82, 2.24) is 0 Å². The molecule has 4 heteroatoms. The molecule has 0 aliphatic carbocycles. The van der Waals surface area contributed by atoms with Crippen LogP contribution in [0.25, 0.3) is 10.8 Å². The maximum Gasteiger partial charge on any atom is 0.120 e. The van der Waals surface area contributed by atoms with Crippen molar-refractivity contribution in [3.05, 3.63) is 36.4 Å². The SMILES string of the molecule is CCCCCCCCCCCCOc1ccc2cc(OCC(O)CO)ccc2c1. The Morgan fingerprint density at radius 2 is 1.24 bits per heavy atom. The van der Waals surface area contributed by atoms with E-state index in [0.29, 0.717) is 5.75 Å². The lowest BCUT2D eigenvalue weighted by Crippen LogP contribution is -2.21. The minimum absolute atomic E-state index is 0.0854. The zero-order valence-electron chi connectivity index (χ0n) is 17.9. The van der Waals surface area contributed by atoms with Gasteiger partial charge >= 0.3 is 0 Å². The van der Waals surface area contributed by atoms with Gasteiger partial charge in [0.25, 0.3) is 0 Å². The number of fused-ring (bicyclic) bond motifs is 1. The van der Waals surface area contributed by atoms with E-state index in [1.807, 2.05) is 30.3 Å². The molecule has 0 heterocycles. The van der Waals surface area contributed by atoms with E-state index in [9.17, 15) is 5.11 Å². The highest BCUT2D eigenvalue weighted by atomic mass is 16.5. The van der Waals surface area contributed by atoms with Crippen LogP contribution in [0.3, 0.4) is 0 Å². The molecular formula is C25H38O4. The lowest BCUT2D eigenvalue weighted by atomic mass is 10.1. The summed E-state index contributed by atoms with van der Waals surface area (Å²) >= 11 is 0. The molecule has 0 aromatic heterocycles. The molecule has 0 bridgehead atoms. The molecule has 0 saturated carbocycles. The Hall–Kier alpha value is -1.78. The molecule has 29 heavy (non-hydrogen) atoms. The molecular weight excluding hydrogens is 364 g/mol. The number of benzene rings is 2. The topological polar surface area (TPSA) is 58.9 Å². The Balaban J connectivity index is 1.62. The highest BCUT2D eigenvalue weighted by Crippen LogP contribution is 2.25. The highest BCUT2D eigenvalue weighted by Gasteiger charge is 2.04. The monoisotopic (exact) mass is 402 g/mol. The molecule has 162 valence electrons. The van der Waals surface area contributed by atoms with Crippen LogP contribution >= 0.6 is 0 Å². The van der Waals surface area contributed by atoms with Crippen LogP contribution in [0.4, 0.5) is 0 Å². The predicted octanol–water partition coefficient (Wildman–Crippen LogP) is 5.87. The van der Waals surface area contributed by atoms with Gasteiger partial charge in [0.2, 0.25) is 0 Å². The summed E-state index contributed by atoms with van der Waals surface area (Å²) in [5.74, 6) is 1.59. The van der Waals surface area contributed by atoms with Crippen LogP contribution < -0.4 is 9.47 Å². The van der Waals surface area contributed by atoms with E-state index < -0.39 is 6.10 Å². The Bertz CT molecular complexity index is 686. The van der Waals surface area contributed by atoms with Gasteiger partial charge in [0.1, 0.15) is 24.2 Å². The summed E-state index contributed by atoms with van der Waals surface area (Å²) in [6.45, 7) is 2.82.